The van der Waals surface area contributed by atoms with Gasteiger partial charge in [-0.15, -0.1) is 11.3 Å². The lowest BCUT2D eigenvalue weighted by Crippen LogP contribution is -2.10. The predicted molar refractivity (Wildman–Crippen MR) is 63.6 cm³/mol. The van der Waals surface area contributed by atoms with E-state index in [2.05, 4.69) is 23.8 Å². The molecule has 0 radical (unpaired) electrons. The maximum absolute atomic E-state index is 11.7. The van der Waals surface area contributed by atoms with Gasteiger partial charge in [0.05, 0.1) is 5.39 Å². The Kier molecular flexibility index (Phi) is 2.86. The standard InChI is InChI=1S/C11H14N2OS/c1-3-5-9-12-10(14)8-6-7(4-2)15-11(8)13-9/h6H,3-5H2,1-2H3,(H,12,13,14). The topological polar surface area (TPSA) is 45.8 Å². The molecule has 0 aliphatic rings. The van der Waals surface area contributed by atoms with Crippen LogP contribution in [-0.2, 0) is 12.8 Å². The third-order valence-electron chi connectivity index (χ3n) is 2.34. The summed E-state index contributed by atoms with van der Waals surface area (Å²) >= 11 is 1.62. The van der Waals surface area contributed by atoms with Crippen molar-refractivity contribution in [2.45, 2.75) is 33.1 Å². The van der Waals surface area contributed by atoms with Crippen LogP contribution < -0.4 is 5.56 Å². The van der Waals surface area contributed by atoms with Crippen LogP contribution in [0.2, 0.25) is 0 Å². The van der Waals surface area contributed by atoms with Crippen LogP contribution in [0, 0.1) is 0 Å². The summed E-state index contributed by atoms with van der Waals surface area (Å²) in [6.45, 7) is 4.17. The monoisotopic (exact) mass is 222 g/mol. The average Bonchev–Trinajstić information content (AvgIpc) is 2.62. The normalized spacial score (nSPS) is 11.1. The quantitative estimate of drug-likeness (QED) is 0.867. The van der Waals surface area contributed by atoms with Crippen molar-refractivity contribution in [1.29, 1.82) is 0 Å². The van der Waals surface area contributed by atoms with Gasteiger partial charge in [-0.1, -0.05) is 13.8 Å². The predicted octanol–water partition coefficient (Wildman–Crippen LogP) is 2.50. The van der Waals surface area contributed by atoms with Crippen LogP contribution in [-0.4, -0.2) is 9.97 Å². The second-order valence-electron chi connectivity index (χ2n) is 3.55. The van der Waals surface area contributed by atoms with Crippen LogP contribution in [0.1, 0.15) is 31.0 Å². The lowest BCUT2D eigenvalue weighted by atomic mass is 10.3. The summed E-state index contributed by atoms with van der Waals surface area (Å²) in [7, 11) is 0. The van der Waals surface area contributed by atoms with Crippen LogP contribution >= 0.6 is 11.3 Å². The molecule has 0 aliphatic heterocycles. The van der Waals surface area contributed by atoms with E-state index in [0.717, 1.165) is 35.3 Å². The van der Waals surface area contributed by atoms with E-state index in [0.29, 0.717) is 0 Å². The van der Waals surface area contributed by atoms with E-state index >= 15 is 0 Å². The van der Waals surface area contributed by atoms with Crippen LogP contribution in [0.3, 0.4) is 0 Å². The molecule has 0 saturated carbocycles. The largest absolute Gasteiger partial charge is 0.310 e. The fraction of sp³-hybridized carbons (Fsp3) is 0.455. The lowest BCUT2D eigenvalue weighted by Gasteiger charge is -1.96. The number of nitrogens with one attached hydrogen (secondary N) is 1. The highest BCUT2D eigenvalue weighted by Crippen LogP contribution is 2.21. The van der Waals surface area contributed by atoms with Crippen molar-refractivity contribution in [1.82, 2.24) is 9.97 Å². The third kappa shape index (κ3) is 1.95. The number of H-pyrrole nitrogens is 1. The molecule has 0 amide bonds. The van der Waals surface area contributed by atoms with E-state index in [1.54, 1.807) is 11.3 Å². The van der Waals surface area contributed by atoms with Crippen molar-refractivity contribution in [2.24, 2.45) is 0 Å². The molecule has 1 N–H and O–H groups in total. The second-order valence-corrected chi connectivity index (χ2v) is 4.66. The molecule has 0 atom stereocenters. The Morgan fingerprint density at radius 2 is 2.27 bits per heavy atom. The molecule has 0 unspecified atom stereocenters. The van der Waals surface area contributed by atoms with Gasteiger partial charge in [-0.3, -0.25) is 4.79 Å². The summed E-state index contributed by atoms with van der Waals surface area (Å²) in [5, 5.41) is 0.733. The molecule has 2 aromatic heterocycles. The van der Waals surface area contributed by atoms with Crippen molar-refractivity contribution in [3.8, 4) is 0 Å². The molecule has 0 bridgehead atoms. The minimum Gasteiger partial charge on any atom is -0.310 e. The van der Waals surface area contributed by atoms with E-state index in [9.17, 15) is 4.79 Å². The molecule has 0 aliphatic carbocycles. The van der Waals surface area contributed by atoms with Crippen molar-refractivity contribution in [3.63, 3.8) is 0 Å². The Labute approximate surface area is 92.2 Å². The van der Waals surface area contributed by atoms with Crippen LogP contribution in [0.4, 0.5) is 0 Å². The summed E-state index contributed by atoms with van der Waals surface area (Å²) in [6.07, 6.45) is 2.80. The highest BCUT2D eigenvalue weighted by atomic mass is 32.1. The Morgan fingerprint density at radius 3 is 2.93 bits per heavy atom. The molecule has 2 aromatic rings. The smallest absolute Gasteiger partial charge is 0.259 e. The Balaban J connectivity index is 2.60. The lowest BCUT2D eigenvalue weighted by molar-refractivity contribution is 0.838. The maximum atomic E-state index is 11.7. The molecule has 2 rings (SSSR count). The van der Waals surface area contributed by atoms with Crippen molar-refractivity contribution < 1.29 is 0 Å². The van der Waals surface area contributed by atoms with E-state index in [-0.39, 0.29) is 5.56 Å². The SMILES string of the molecule is CCCc1nc2sc(CC)cc2c(=O)[nH]1. The maximum Gasteiger partial charge on any atom is 0.259 e. The van der Waals surface area contributed by atoms with E-state index < -0.39 is 0 Å². The molecule has 0 saturated heterocycles. The number of hydrogen-bond donors (Lipinski definition) is 1. The zero-order valence-electron chi connectivity index (χ0n) is 8.96. The molecule has 80 valence electrons. The summed E-state index contributed by atoms with van der Waals surface area (Å²) in [4.78, 5) is 21.1. The number of thiophene rings is 1. The highest BCUT2D eigenvalue weighted by Gasteiger charge is 2.07. The van der Waals surface area contributed by atoms with Crippen LogP contribution in [0.15, 0.2) is 10.9 Å². The van der Waals surface area contributed by atoms with Crippen molar-refractivity contribution in [2.75, 3.05) is 0 Å². The van der Waals surface area contributed by atoms with E-state index in [1.807, 2.05) is 6.07 Å². The zero-order valence-corrected chi connectivity index (χ0v) is 9.78. The number of aromatic nitrogens is 2. The number of nitrogens with zero attached hydrogens (tertiary/aromatic N) is 1. The fourth-order valence-electron chi connectivity index (χ4n) is 1.56. The molecule has 0 aromatic carbocycles. The summed E-state index contributed by atoms with van der Waals surface area (Å²) in [5.41, 5.74) is -0.000556. The van der Waals surface area contributed by atoms with Gasteiger partial charge in [-0.25, -0.2) is 4.98 Å². The van der Waals surface area contributed by atoms with Gasteiger partial charge < -0.3 is 4.98 Å². The van der Waals surface area contributed by atoms with Gasteiger partial charge >= 0.3 is 0 Å². The molecule has 15 heavy (non-hydrogen) atoms. The molecule has 0 fully saturated rings. The molecule has 2 heterocycles. The first-order chi connectivity index (χ1) is 7.24. The number of fused-ring (bicyclic) bond motifs is 1. The second kappa shape index (κ2) is 4.14. The van der Waals surface area contributed by atoms with Gasteiger partial charge in [0.25, 0.3) is 5.56 Å². The Morgan fingerprint density at radius 1 is 1.47 bits per heavy atom. The number of rotatable bonds is 3. The van der Waals surface area contributed by atoms with Gasteiger partial charge in [0.15, 0.2) is 0 Å². The van der Waals surface area contributed by atoms with Crippen LogP contribution in [0.5, 0.6) is 0 Å². The minimum atomic E-state index is -0.000556. The van der Waals surface area contributed by atoms with Gasteiger partial charge in [0.1, 0.15) is 10.7 Å². The molecular weight excluding hydrogens is 208 g/mol. The van der Waals surface area contributed by atoms with E-state index in [4.69, 9.17) is 0 Å². The zero-order chi connectivity index (χ0) is 10.8. The molecular formula is C11H14N2OS. The third-order valence-corrected chi connectivity index (χ3v) is 3.51. The van der Waals surface area contributed by atoms with Gasteiger partial charge in [-0.05, 0) is 18.9 Å². The number of hydrogen-bond acceptors (Lipinski definition) is 3. The average molecular weight is 222 g/mol. The molecule has 0 spiro atoms. The first kappa shape index (κ1) is 10.4. The van der Waals surface area contributed by atoms with Gasteiger partial charge in [0, 0.05) is 11.3 Å². The Hall–Kier alpha value is -1.16. The van der Waals surface area contributed by atoms with Gasteiger partial charge in [-0.2, -0.15) is 0 Å². The minimum absolute atomic E-state index is 0.000556. The first-order valence-electron chi connectivity index (χ1n) is 5.26. The van der Waals surface area contributed by atoms with E-state index in [1.165, 1.54) is 4.88 Å². The number of aryl methyl sites for hydroxylation is 2. The summed E-state index contributed by atoms with van der Waals surface area (Å²) < 4.78 is 0. The molecule has 3 nitrogen and oxygen atoms in total. The summed E-state index contributed by atoms with van der Waals surface area (Å²) in [5.74, 6) is 0.805. The number of aromatic amines is 1. The molecule has 4 heteroatoms. The van der Waals surface area contributed by atoms with Crippen molar-refractivity contribution in [3.05, 3.63) is 27.1 Å². The van der Waals surface area contributed by atoms with Crippen molar-refractivity contribution >= 4 is 21.6 Å². The van der Waals surface area contributed by atoms with Gasteiger partial charge in [0.2, 0.25) is 0 Å². The summed E-state index contributed by atoms with van der Waals surface area (Å²) in [6, 6.07) is 1.95. The fourth-order valence-corrected chi connectivity index (χ4v) is 2.54. The first-order valence-corrected chi connectivity index (χ1v) is 6.07. The van der Waals surface area contributed by atoms with Crippen LogP contribution in [0.25, 0.3) is 10.2 Å². The Bertz CT molecular complexity index is 527. The highest BCUT2D eigenvalue weighted by molar-refractivity contribution is 7.18.